The number of carbonyl (C=O) groups is 1. The topological polar surface area (TPSA) is 54.5 Å². The molecule has 2 heterocycles. The van der Waals surface area contributed by atoms with Crippen LogP contribution < -0.4 is 10.1 Å². The number of pyridine rings is 1. The molecule has 1 saturated carbocycles. The van der Waals surface area contributed by atoms with Crippen LogP contribution >= 0.6 is 0 Å². The first-order valence-electron chi connectivity index (χ1n) is 11.0. The Labute approximate surface area is 173 Å². The fourth-order valence-electron chi connectivity index (χ4n) is 4.51. The van der Waals surface area contributed by atoms with Crippen LogP contribution in [0, 0.1) is 11.8 Å². The number of anilines is 1. The van der Waals surface area contributed by atoms with E-state index in [2.05, 4.69) is 15.2 Å². The molecule has 4 rings (SSSR count). The van der Waals surface area contributed by atoms with Crippen LogP contribution in [0.25, 0.3) is 0 Å². The number of rotatable bonds is 6. The summed E-state index contributed by atoms with van der Waals surface area (Å²) in [6.45, 7) is 3.33. The third-order valence-electron chi connectivity index (χ3n) is 6.19. The summed E-state index contributed by atoms with van der Waals surface area (Å²) in [5.41, 5.74) is 0.818. The molecular weight excluding hydrogens is 362 g/mol. The monoisotopic (exact) mass is 393 g/mol. The van der Waals surface area contributed by atoms with Crippen molar-refractivity contribution in [1.82, 2.24) is 9.88 Å². The van der Waals surface area contributed by atoms with Crippen molar-refractivity contribution in [3.8, 4) is 11.5 Å². The van der Waals surface area contributed by atoms with E-state index in [9.17, 15) is 4.79 Å². The van der Waals surface area contributed by atoms with Crippen molar-refractivity contribution in [3.63, 3.8) is 0 Å². The van der Waals surface area contributed by atoms with Crippen molar-refractivity contribution >= 4 is 11.6 Å². The highest BCUT2D eigenvalue weighted by Crippen LogP contribution is 2.27. The summed E-state index contributed by atoms with van der Waals surface area (Å²) in [5.74, 6) is 2.56. The number of hydrogen-bond donors (Lipinski definition) is 1. The van der Waals surface area contributed by atoms with E-state index >= 15 is 0 Å². The molecule has 0 atom stereocenters. The minimum atomic E-state index is 0.115. The van der Waals surface area contributed by atoms with Crippen molar-refractivity contribution in [1.29, 1.82) is 0 Å². The predicted molar refractivity (Wildman–Crippen MR) is 115 cm³/mol. The minimum absolute atomic E-state index is 0.115. The number of benzene rings is 1. The van der Waals surface area contributed by atoms with Gasteiger partial charge in [-0.3, -0.25) is 9.78 Å². The average molecular weight is 394 g/mol. The molecular formula is C24H31N3O2. The maximum Gasteiger partial charge on any atom is 0.227 e. The van der Waals surface area contributed by atoms with Crippen molar-refractivity contribution in [3.05, 3.63) is 48.8 Å². The quantitative estimate of drug-likeness (QED) is 0.741. The second-order valence-corrected chi connectivity index (χ2v) is 8.38. The lowest BCUT2D eigenvalue weighted by molar-refractivity contribution is -0.121. The molecule has 1 aromatic carbocycles. The molecule has 2 aliphatic rings. The van der Waals surface area contributed by atoms with Gasteiger partial charge in [0.25, 0.3) is 0 Å². The summed E-state index contributed by atoms with van der Waals surface area (Å²) in [7, 11) is 0. The Balaban J connectivity index is 1.22. The molecule has 0 spiro atoms. The van der Waals surface area contributed by atoms with Gasteiger partial charge in [0.15, 0.2) is 0 Å². The van der Waals surface area contributed by atoms with Gasteiger partial charge in [0.2, 0.25) is 5.91 Å². The molecule has 29 heavy (non-hydrogen) atoms. The first kappa shape index (κ1) is 19.9. The number of hydrogen-bond acceptors (Lipinski definition) is 4. The Hall–Kier alpha value is -2.40. The fourth-order valence-corrected chi connectivity index (χ4v) is 4.51. The summed E-state index contributed by atoms with van der Waals surface area (Å²) in [4.78, 5) is 19.3. The van der Waals surface area contributed by atoms with Gasteiger partial charge in [0.05, 0.1) is 6.20 Å². The van der Waals surface area contributed by atoms with Gasteiger partial charge < -0.3 is 15.0 Å². The van der Waals surface area contributed by atoms with Crippen molar-refractivity contribution < 1.29 is 9.53 Å². The third kappa shape index (κ3) is 5.80. The molecule has 2 aromatic rings. The number of ether oxygens (including phenoxy) is 1. The second kappa shape index (κ2) is 9.88. The Morgan fingerprint density at radius 1 is 1.00 bits per heavy atom. The first-order valence-corrected chi connectivity index (χ1v) is 11.0. The molecule has 5 heteroatoms. The van der Waals surface area contributed by atoms with E-state index in [-0.39, 0.29) is 11.8 Å². The van der Waals surface area contributed by atoms with E-state index in [0.29, 0.717) is 5.75 Å². The maximum absolute atomic E-state index is 12.7. The molecule has 154 valence electrons. The van der Waals surface area contributed by atoms with Crippen LogP contribution in [0.1, 0.15) is 44.9 Å². The Bertz CT molecular complexity index is 764. The number of piperidine rings is 1. The molecule has 0 unspecified atom stereocenters. The molecule has 1 aliphatic heterocycles. The van der Waals surface area contributed by atoms with E-state index in [1.807, 2.05) is 36.4 Å². The lowest BCUT2D eigenvalue weighted by Crippen LogP contribution is -2.40. The maximum atomic E-state index is 12.7. The SMILES string of the molecule is O=C(Nc1ccc(Oc2cccnc2)cc1)C1CCN(CC2CCCCC2)CC1. The largest absolute Gasteiger partial charge is 0.456 e. The molecule has 0 radical (unpaired) electrons. The number of nitrogens with one attached hydrogen (secondary N) is 1. The highest BCUT2D eigenvalue weighted by atomic mass is 16.5. The van der Waals surface area contributed by atoms with Gasteiger partial charge in [-0.2, -0.15) is 0 Å². The first-order chi connectivity index (χ1) is 14.3. The molecule has 1 saturated heterocycles. The Morgan fingerprint density at radius 3 is 2.45 bits per heavy atom. The smallest absolute Gasteiger partial charge is 0.227 e. The summed E-state index contributed by atoms with van der Waals surface area (Å²) < 4.78 is 5.75. The van der Waals surface area contributed by atoms with Crippen molar-refractivity contribution in [2.24, 2.45) is 11.8 Å². The highest BCUT2D eigenvalue weighted by Gasteiger charge is 2.26. The van der Waals surface area contributed by atoms with E-state index in [4.69, 9.17) is 4.74 Å². The van der Waals surface area contributed by atoms with E-state index < -0.39 is 0 Å². The number of aromatic nitrogens is 1. The molecule has 1 aliphatic carbocycles. The van der Waals surface area contributed by atoms with Crippen LogP contribution in [-0.4, -0.2) is 35.4 Å². The number of nitrogens with zero attached hydrogens (tertiary/aromatic N) is 2. The molecule has 1 amide bonds. The van der Waals surface area contributed by atoms with Gasteiger partial charge in [-0.05, 0) is 81.1 Å². The normalized spacial score (nSPS) is 19.0. The van der Waals surface area contributed by atoms with E-state index in [1.165, 1.54) is 38.6 Å². The summed E-state index contributed by atoms with van der Waals surface area (Å²) in [6, 6.07) is 11.2. The van der Waals surface area contributed by atoms with Gasteiger partial charge in [0, 0.05) is 24.3 Å². The highest BCUT2D eigenvalue weighted by molar-refractivity contribution is 5.92. The van der Waals surface area contributed by atoms with Gasteiger partial charge in [0.1, 0.15) is 11.5 Å². The van der Waals surface area contributed by atoms with Gasteiger partial charge in [-0.1, -0.05) is 19.3 Å². The van der Waals surface area contributed by atoms with E-state index in [1.54, 1.807) is 12.4 Å². The number of carbonyl (C=O) groups excluding carboxylic acids is 1. The van der Waals surface area contributed by atoms with Crippen LogP contribution in [0.2, 0.25) is 0 Å². The zero-order valence-corrected chi connectivity index (χ0v) is 17.1. The zero-order valence-electron chi connectivity index (χ0n) is 17.1. The lowest BCUT2D eigenvalue weighted by Gasteiger charge is -2.34. The number of likely N-dealkylation sites (tertiary alicyclic amines) is 1. The van der Waals surface area contributed by atoms with Crippen LogP contribution in [0.5, 0.6) is 11.5 Å². The summed E-state index contributed by atoms with van der Waals surface area (Å²) in [5, 5.41) is 3.07. The molecule has 1 N–H and O–H groups in total. The fraction of sp³-hybridized carbons (Fsp3) is 0.500. The van der Waals surface area contributed by atoms with Crippen LogP contribution in [0.15, 0.2) is 48.8 Å². The molecule has 5 nitrogen and oxygen atoms in total. The third-order valence-corrected chi connectivity index (χ3v) is 6.19. The Kier molecular flexibility index (Phi) is 6.78. The summed E-state index contributed by atoms with van der Waals surface area (Å²) >= 11 is 0. The number of amides is 1. The molecule has 2 fully saturated rings. The van der Waals surface area contributed by atoms with Crippen LogP contribution in [-0.2, 0) is 4.79 Å². The van der Waals surface area contributed by atoms with Gasteiger partial charge in [-0.15, -0.1) is 0 Å². The molecule has 0 bridgehead atoms. The predicted octanol–water partition coefficient (Wildman–Crippen LogP) is 5.10. The summed E-state index contributed by atoms with van der Waals surface area (Å²) in [6.07, 6.45) is 12.3. The van der Waals surface area contributed by atoms with Gasteiger partial charge >= 0.3 is 0 Å². The molecule has 1 aromatic heterocycles. The van der Waals surface area contributed by atoms with Crippen LogP contribution in [0.4, 0.5) is 5.69 Å². The zero-order chi connectivity index (χ0) is 19.9. The van der Waals surface area contributed by atoms with Gasteiger partial charge in [-0.25, -0.2) is 0 Å². The minimum Gasteiger partial charge on any atom is -0.456 e. The van der Waals surface area contributed by atoms with Crippen LogP contribution in [0.3, 0.4) is 0 Å². The van der Waals surface area contributed by atoms with Crippen molar-refractivity contribution in [2.45, 2.75) is 44.9 Å². The van der Waals surface area contributed by atoms with Crippen molar-refractivity contribution in [2.75, 3.05) is 25.0 Å². The Morgan fingerprint density at radius 2 is 1.76 bits per heavy atom. The average Bonchev–Trinajstić information content (AvgIpc) is 2.77. The standard InChI is InChI=1S/C24H31N3O2/c28-24(20-12-15-27(16-13-20)18-19-5-2-1-3-6-19)26-21-8-10-22(11-9-21)29-23-7-4-14-25-17-23/h4,7-11,14,17,19-20H,1-3,5-6,12-13,15-16,18H2,(H,26,28). The lowest BCUT2D eigenvalue weighted by atomic mass is 9.88. The second-order valence-electron chi connectivity index (χ2n) is 8.38. The van der Waals surface area contributed by atoms with E-state index in [0.717, 1.165) is 43.3 Å².